The molecule has 202 valence electrons. The summed E-state index contributed by atoms with van der Waals surface area (Å²) in [5, 5.41) is 8.81. The van der Waals surface area contributed by atoms with E-state index in [1.54, 1.807) is 0 Å². The molecule has 0 aromatic heterocycles. The van der Waals surface area contributed by atoms with Crippen molar-refractivity contribution in [3.05, 3.63) is 65.2 Å². The number of ether oxygens (including phenoxy) is 3. The summed E-state index contributed by atoms with van der Waals surface area (Å²) in [4.78, 5) is 13.3. The Morgan fingerprint density at radius 2 is 1.65 bits per heavy atom. The molecule has 5 rings (SSSR count). The van der Waals surface area contributed by atoms with E-state index in [1.807, 2.05) is 24.3 Å². The van der Waals surface area contributed by atoms with Crippen molar-refractivity contribution in [1.82, 2.24) is 4.90 Å². The highest BCUT2D eigenvalue weighted by Crippen LogP contribution is 2.37. The number of aryl methyl sites for hydroxylation is 1. The second-order valence-corrected chi connectivity index (χ2v) is 10.8. The average molecular weight is 530 g/mol. The van der Waals surface area contributed by atoms with Gasteiger partial charge in [-0.2, -0.15) is 0 Å². The van der Waals surface area contributed by atoms with Gasteiger partial charge in [-0.15, -0.1) is 12.4 Å². The molecule has 0 amide bonds. The summed E-state index contributed by atoms with van der Waals surface area (Å²) in [6.45, 7) is 5.42. The molecule has 7 heteroatoms. The molecule has 0 bridgehead atoms. The summed E-state index contributed by atoms with van der Waals surface area (Å²) in [5.41, 5.74) is 3.50. The summed E-state index contributed by atoms with van der Waals surface area (Å²) in [6.07, 6.45) is 8.07. The van der Waals surface area contributed by atoms with Crippen LogP contribution in [0.25, 0.3) is 0 Å². The van der Waals surface area contributed by atoms with Gasteiger partial charge in [0.05, 0.1) is 11.7 Å². The van der Waals surface area contributed by atoms with Crippen LogP contribution >= 0.6 is 12.4 Å². The maximum atomic E-state index is 10.7. The van der Waals surface area contributed by atoms with Crippen molar-refractivity contribution in [2.24, 2.45) is 5.92 Å². The molecule has 3 fully saturated rings. The van der Waals surface area contributed by atoms with E-state index in [9.17, 15) is 4.79 Å². The molecular formula is C30H40ClNO5. The van der Waals surface area contributed by atoms with E-state index < -0.39 is 5.97 Å². The monoisotopic (exact) mass is 529 g/mol. The van der Waals surface area contributed by atoms with Crippen LogP contribution in [0.15, 0.2) is 48.5 Å². The van der Waals surface area contributed by atoms with Crippen LogP contribution in [-0.4, -0.2) is 54.0 Å². The lowest BCUT2D eigenvalue weighted by Gasteiger charge is -2.46. The summed E-state index contributed by atoms with van der Waals surface area (Å²) in [6, 6.07) is 16.4. The van der Waals surface area contributed by atoms with Crippen molar-refractivity contribution in [2.75, 3.05) is 26.3 Å². The molecule has 37 heavy (non-hydrogen) atoms. The summed E-state index contributed by atoms with van der Waals surface area (Å²) in [5.74, 6) is 0.848. The van der Waals surface area contributed by atoms with Gasteiger partial charge < -0.3 is 19.3 Å². The zero-order valence-corrected chi connectivity index (χ0v) is 22.4. The third-order valence-electron chi connectivity index (χ3n) is 7.87. The zero-order valence-electron chi connectivity index (χ0n) is 21.6. The Morgan fingerprint density at radius 3 is 2.32 bits per heavy atom. The SMILES string of the molecule is Cl.O=C(O)CCc1ccc(OCc2ccc(CN3CCC4(CC3)CC(OCC3CC3)CCO4)cc2)cc1. The van der Waals surface area contributed by atoms with Crippen LogP contribution in [0.1, 0.15) is 61.6 Å². The van der Waals surface area contributed by atoms with E-state index in [1.165, 1.54) is 18.4 Å². The third-order valence-corrected chi connectivity index (χ3v) is 7.87. The second-order valence-electron chi connectivity index (χ2n) is 10.8. The van der Waals surface area contributed by atoms with E-state index >= 15 is 0 Å². The Hall–Kier alpha value is -2.12. The largest absolute Gasteiger partial charge is 0.489 e. The summed E-state index contributed by atoms with van der Waals surface area (Å²) in [7, 11) is 0. The number of rotatable bonds is 11. The smallest absolute Gasteiger partial charge is 0.303 e. The molecule has 2 aromatic carbocycles. The molecule has 6 nitrogen and oxygen atoms in total. The molecule has 3 aliphatic rings. The number of halogens is 1. The second kappa shape index (κ2) is 13.1. The average Bonchev–Trinajstić information content (AvgIpc) is 3.73. The molecule has 1 N–H and O–H groups in total. The number of aliphatic carboxylic acids is 1. The number of carboxylic acid groups (broad SMARTS) is 1. The van der Waals surface area contributed by atoms with E-state index in [-0.39, 0.29) is 24.4 Å². The van der Waals surface area contributed by atoms with E-state index in [2.05, 4.69) is 29.2 Å². The maximum Gasteiger partial charge on any atom is 0.303 e. The molecule has 2 saturated heterocycles. The minimum Gasteiger partial charge on any atom is -0.489 e. The van der Waals surface area contributed by atoms with Crippen LogP contribution in [0.5, 0.6) is 5.75 Å². The maximum absolute atomic E-state index is 10.7. The van der Waals surface area contributed by atoms with Gasteiger partial charge in [-0.05, 0) is 73.3 Å². The Morgan fingerprint density at radius 1 is 0.973 bits per heavy atom. The van der Waals surface area contributed by atoms with Crippen molar-refractivity contribution < 1.29 is 24.1 Å². The van der Waals surface area contributed by atoms with Crippen molar-refractivity contribution in [2.45, 2.75) is 76.2 Å². The van der Waals surface area contributed by atoms with Crippen LogP contribution in [0.4, 0.5) is 0 Å². The molecule has 2 heterocycles. The number of hydrogen-bond acceptors (Lipinski definition) is 5. The van der Waals surface area contributed by atoms with Gasteiger partial charge in [0.1, 0.15) is 12.4 Å². The predicted molar refractivity (Wildman–Crippen MR) is 145 cm³/mol. The van der Waals surface area contributed by atoms with Gasteiger partial charge in [0.25, 0.3) is 0 Å². The summed E-state index contributed by atoms with van der Waals surface area (Å²) < 4.78 is 18.5. The number of carboxylic acids is 1. The lowest BCUT2D eigenvalue weighted by atomic mass is 9.83. The Labute approximate surface area is 226 Å². The third kappa shape index (κ3) is 8.44. The highest BCUT2D eigenvalue weighted by Gasteiger charge is 2.41. The molecule has 1 atom stereocenters. The fourth-order valence-electron chi connectivity index (χ4n) is 5.32. The number of carbonyl (C=O) groups is 1. The number of piperidine rings is 1. The van der Waals surface area contributed by atoms with Gasteiger partial charge in [0.2, 0.25) is 0 Å². The topological polar surface area (TPSA) is 68.2 Å². The highest BCUT2D eigenvalue weighted by molar-refractivity contribution is 5.85. The predicted octanol–water partition coefficient (Wildman–Crippen LogP) is 5.64. The van der Waals surface area contributed by atoms with Crippen molar-refractivity contribution in [3.63, 3.8) is 0 Å². The van der Waals surface area contributed by atoms with Crippen LogP contribution in [-0.2, 0) is 33.8 Å². The van der Waals surface area contributed by atoms with Gasteiger partial charge >= 0.3 is 5.97 Å². The van der Waals surface area contributed by atoms with Crippen LogP contribution in [0.2, 0.25) is 0 Å². The lowest BCUT2D eigenvalue weighted by molar-refractivity contribution is -0.156. The molecule has 1 saturated carbocycles. The zero-order chi connectivity index (χ0) is 24.8. The fraction of sp³-hybridized carbons (Fsp3) is 0.567. The number of likely N-dealkylation sites (tertiary alicyclic amines) is 1. The van der Waals surface area contributed by atoms with Gasteiger partial charge in [-0.3, -0.25) is 9.69 Å². The minimum absolute atomic E-state index is 0. The first kappa shape index (κ1) is 27.9. The van der Waals surface area contributed by atoms with Crippen molar-refractivity contribution in [1.29, 1.82) is 0 Å². The molecule has 1 unspecified atom stereocenters. The number of nitrogens with zero attached hydrogens (tertiary/aromatic N) is 1. The Balaban J connectivity index is 0.00000320. The van der Waals surface area contributed by atoms with E-state index in [4.69, 9.17) is 19.3 Å². The molecule has 0 radical (unpaired) electrons. The van der Waals surface area contributed by atoms with Gasteiger partial charge in [-0.1, -0.05) is 36.4 Å². The minimum atomic E-state index is -0.774. The van der Waals surface area contributed by atoms with Gasteiger partial charge in [0, 0.05) is 45.7 Å². The first-order valence-electron chi connectivity index (χ1n) is 13.5. The first-order valence-corrected chi connectivity index (χ1v) is 13.5. The van der Waals surface area contributed by atoms with Gasteiger partial charge in [0.15, 0.2) is 0 Å². The molecule has 2 aliphatic heterocycles. The molecule has 1 spiro atoms. The summed E-state index contributed by atoms with van der Waals surface area (Å²) >= 11 is 0. The molecular weight excluding hydrogens is 490 g/mol. The van der Waals surface area contributed by atoms with Crippen LogP contribution in [0.3, 0.4) is 0 Å². The normalized spacial score (nSPS) is 21.4. The quantitative estimate of drug-likeness (QED) is 0.406. The Bertz CT molecular complexity index is 984. The van der Waals surface area contributed by atoms with Crippen LogP contribution in [0, 0.1) is 5.92 Å². The highest BCUT2D eigenvalue weighted by atomic mass is 35.5. The molecule has 1 aliphatic carbocycles. The standard InChI is InChI=1S/C30H39NO5.ClH/c32-29(33)12-9-23-7-10-27(11-8-23)34-21-25-3-1-24(2-4-25)20-31-16-14-30(15-17-31)19-28(13-18-36-30)35-22-26-5-6-26;/h1-4,7-8,10-11,26,28H,5-6,9,12-22H2,(H,32,33);1H. The number of benzene rings is 2. The number of hydrogen-bond donors (Lipinski definition) is 1. The van der Waals surface area contributed by atoms with E-state index in [0.29, 0.717) is 19.1 Å². The van der Waals surface area contributed by atoms with Crippen molar-refractivity contribution in [3.8, 4) is 5.75 Å². The Kier molecular flexibility index (Phi) is 9.88. The lowest BCUT2D eigenvalue weighted by Crippen LogP contribution is -2.50. The van der Waals surface area contributed by atoms with Gasteiger partial charge in [-0.25, -0.2) is 0 Å². The van der Waals surface area contributed by atoms with E-state index in [0.717, 1.165) is 81.3 Å². The van der Waals surface area contributed by atoms with Crippen LogP contribution < -0.4 is 4.74 Å². The molecule has 2 aromatic rings. The fourth-order valence-corrected chi connectivity index (χ4v) is 5.32. The first-order chi connectivity index (χ1) is 17.6. The van der Waals surface area contributed by atoms with Crippen molar-refractivity contribution >= 4 is 18.4 Å².